The number of carbonyl (C=O) groups is 3. The van der Waals surface area contributed by atoms with Crippen LogP contribution in [0, 0.1) is 0 Å². The Labute approximate surface area is 249 Å². The van der Waals surface area contributed by atoms with Gasteiger partial charge in [-0.3, -0.25) is 19.3 Å². The van der Waals surface area contributed by atoms with Crippen molar-refractivity contribution in [3.63, 3.8) is 0 Å². The zero-order valence-electron chi connectivity index (χ0n) is 24.7. The van der Waals surface area contributed by atoms with Crippen LogP contribution in [0.15, 0.2) is 24.3 Å². The van der Waals surface area contributed by atoms with Crippen LogP contribution >= 0.6 is 11.8 Å². The molecule has 2 heterocycles. The van der Waals surface area contributed by atoms with E-state index in [1.807, 2.05) is 26.0 Å². The maximum atomic E-state index is 13.1. The Morgan fingerprint density at radius 1 is 1.07 bits per heavy atom. The predicted molar refractivity (Wildman–Crippen MR) is 165 cm³/mol. The van der Waals surface area contributed by atoms with Crippen LogP contribution < -0.4 is 27.0 Å². The van der Waals surface area contributed by atoms with E-state index in [1.165, 1.54) is 17.3 Å². The van der Waals surface area contributed by atoms with Crippen LogP contribution in [0.5, 0.6) is 0 Å². The lowest BCUT2D eigenvalue weighted by atomic mass is 10.1. The highest BCUT2D eigenvalue weighted by atomic mass is 32.2. The number of amides is 3. The van der Waals surface area contributed by atoms with Gasteiger partial charge < -0.3 is 36.6 Å². The third-order valence-electron chi connectivity index (χ3n) is 7.36. The normalized spacial score (nSPS) is 20.2. The third kappa shape index (κ3) is 11.1. The fraction of sp³-hybridized carbons (Fsp3) is 0.690. The molecule has 6 N–H and O–H groups in total. The van der Waals surface area contributed by atoms with Gasteiger partial charge in [0.1, 0.15) is 16.7 Å². The number of anilines is 1. The van der Waals surface area contributed by atoms with Gasteiger partial charge in [-0.15, -0.1) is 11.8 Å². The lowest BCUT2D eigenvalue weighted by Gasteiger charge is -2.27. The number of thioether (sulfide) groups is 1. The molecule has 2 aliphatic rings. The summed E-state index contributed by atoms with van der Waals surface area (Å²) in [7, 11) is 0. The first-order valence-corrected chi connectivity index (χ1v) is 16.0. The molecule has 0 saturated carbocycles. The molecule has 0 aromatic heterocycles. The molecule has 11 nitrogen and oxygen atoms in total. The van der Waals surface area contributed by atoms with Crippen molar-refractivity contribution in [3.05, 3.63) is 29.8 Å². The Bertz CT molecular complexity index is 946. The average Bonchev–Trinajstić information content (AvgIpc) is 3.32. The summed E-state index contributed by atoms with van der Waals surface area (Å²) in [4.78, 5) is 41.9. The molecule has 2 fully saturated rings. The first-order valence-electron chi connectivity index (χ1n) is 15.0. The second kappa shape index (κ2) is 18.2. The molecule has 230 valence electrons. The van der Waals surface area contributed by atoms with Crippen LogP contribution in [0.3, 0.4) is 0 Å². The summed E-state index contributed by atoms with van der Waals surface area (Å²) in [5, 5.41) is 11.7. The lowest BCUT2D eigenvalue weighted by molar-refractivity contribution is -0.131. The number of nitrogens with two attached hydrogens (primary N) is 1. The summed E-state index contributed by atoms with van der Waals surface area (Å²) < 4.78 is 5.37. The molecule has 3 rings (SSSR count). The summed E-state index contributed by atoms with van der Waals surface area (Å²) in [5.41, 5.74) is 8.45. The molecular formula is C29H49N7O4S. The fourth-order valence-corrected chi connectivity index (χ4v) is 6.42. The van der Waals surface area contributed by atoms with Gasteiger partial charge in [0.2, 0.25) is 17.7 Å². The Morgan fingerprint density at radius 3 is 2.54 bits per heavy atom. The number of likely N-dealkylation sites (N-methyl/N-ethyl adjacent to an activating group) is 2. The topological polar surface area (TPSA) is 141 Å². The third-order valence-corrected chi connectivity index (χ3v) is 8.89. The zero-order chi connectivity index (χ0) is 29.5. The highest BCUT2D eigenvalue weighted by molar-refractivity contribution is 8.01. The Hall–Kier alpha value is -2.38. The van der Waals surface area contributed by atoms with E-state index in [0.29, 0.717) is 32.6 Å². The first kappa shape index (κ1) is 33.1. The molecule has 41 heavy (non-hydrogen) atoms. The van der Waals surface area contributed by atoms with E-state index in [9.17, 15) is 14.4 Å². The van der Waals surface area contributed by atoms with Gasteiger partial charge in [0.15, 0.2) is 0 Å². The van der Waals surface area contributed by atoms with Crippen molar-refractivity contribution < 1.29 is 19.1 Å². The van der Waals surface area contributed by atoms with Crippen molar-refractivity contribution in [3.8, 4) is 0 Å². The minimum atomic E-state index is -0.786. The van der Waals surface area contributed by atoms with Crippen molar-refractivity contribution >= 4 is 35.2 Å². The zero-order valence-corrected chi connectivity index (χ0v) is 25.5. The molecular weight excluding hydrogens is 542 g/mol. The van der Waals surface area contributed by atoms with Crippen LogP contribution in [0.1, 0.15) is 38.7 Å². The van der Waals surface area contributed by atoms with Crippen LogP contribution in [-0.4, -0.2) is 116 Å². The van der Waals surface area contributed by atoms with Gasteiger partial charge in [0, 0.05) is 57.9 Å². The number of hydrogen-bond donors (Lipinski definition) is 5. The standard InChI is InChI=1S/C29H49N7O4S/c1-3-31-14-15-32-25(37)8-5-7-22-9-11-23(12-10-22)34-21-24-28(39)36(4-2)29(41-24)26(30)27(38)33-13-6-16-35-17-19-40-20-18-35/h9-12,24,26,29,31,34H,3-8,13-21,30H2,1-2H3,(H,32,37)(H,33,38)/t24-,26-,29?/m1/s1. The smallest absolute Gasteiger partial charge is 0.239 e. The summed E-state index contributed by atoms with van der Waals surface area (Å²) >= 11 is 1.46. The molecule has 0 radical (unpaired) electrons. The van der Waals surface area contributed by atoms with E-state index in [0.717, 1.165) is 70.9 Å². The van der Waals surface area contributed by atoms with Crippen molar-refractivity contribution in [2.75, 3.05) is 77.4 Å². The highest BCUT2D eigenvalue weighted by Crippen LogP contribution is 2.33. The van der Waals surface area contributed by atoms with Gasteiger partial charge in [-0.05, 0) is 57.0 Å². The quantitative estimate of drug-likeness (QED) is 0.155. The van der Waals surface area contributed by atoms with E-state index in [1.54, 1.807) is 4.90 Å². The molecule has 2 aliphatic heterocycles. The molecule has 0 spiro atoms. The van der Waals surface area contributed by atoms with Crippen LogP contribution in [0.4, 0.5) is 5.69 Å². The van der Waals surface area contributed by atoms with Crippen molar-refractivity contribution in [1.29, 1.82) is 0 Å². The summed E-state index contributed by atoms with van der Waals surface area (Å²) in [6.45, 7) is 12.1. The second-order valence-corrected chi connectivity index (χ2v) is 11.7. The maximum Gasteiger partial charge on any atom is 0.239 e. The molecule has 0 bridgehead atoms. The van der Waals surface area contributed by atoms with Gasteiger partial charge in [-0.1, -0.05) is 19.1 Å². The maximum absolute atomic E-state index is 13.1. The van der Waals surface area contributed by atoms with Gasteiger partial charge >= 0.3 is 0 Å². The monoisotopic (exact) mass is 591 g/mol. The van der Waals surface area contributed by atoms with Crippen molar-refractivity contribution in [1.82, 2.24) is 25.8 Å². The second-order valence-electron chi connectivity index (χ2n) is 10.4. The van der Waals surface area contributed by atoms with Crippen molar-refractivity contribution in [2.24, 2.45) is 5.73 Å². The van der Waals surface area contributed by atoms with E-state index in [4.69, 9.17) is 10.5 Å². The number of rotatable bonds is 18. The molecule has 0 aliphatic carbocycles. The molecule has 12 heteroatoms. The number of aryl methyl sites for hydroxylation is 1. The fourth-order valence-electron chi connectivity index (χ4n) is 4.95. The largest absolute Gasteiger partial charge is 0.383 e. The van der Waals surface area contributed by atoms with E-state index < -0.39 is 6.04 Å². The molecule has 1 aromatic carbocycles. The molecule has 1 unspecified atom stereocenters. The minimum Gasteiger partial charge on any atom is -0.383 e. The van der Waals surface area contributed by atoms with Gasteiger partial charge in [-0.25, -0.2) is 0 Å². The van der Waals surface area contributed by atoms with E-state index in [2.05, 4.69) is 38.3 Å². The summed E-state index contributed by atoms with van der Waals surface area (Å²) in [5.74, 6) is -0.128. The number of benzene rings is 1. The first-order chi connectivity index (χ1) is 19.9. The number of morpholine rings is 1. The van der Waals surface area contributed by atoms with Gasteiger partial charge in [0.05, 0.1) is 13.2 Å². The van der Waals surface area contributed by atoms with Gasteiger partial charge in [0.25, 0.3) is 0 Å². The number of ether oxygens (including phenoxy) is 1. The lowest BCUT2D eigenvalue weighted by Crippen LogP contribution is -2.53. The Morgan fingerprint density at radius 2 is 1.83 bits per heavy atom. The Balaban J connectivity index is 1.37. The average molecular weight is 592 g/mol. The number of hydrogen-bond acceptors (Lipinski definition) is 9. The SMILES string of the molecule is CCNCCNC(=O)CCCc1ccc(NC[C@H]2SC([C@H](N)C(=O)NCCCN3CCOCC3)N(CC)C2=O)cc1. The summed E-state index contributed by atoms with van der Waals surface area (Å²) in [6.07, 6.45) is 2.99. The van der Waals surface area contributed by atoms with Crippen LogP contribution in [-0.2, 0) is 25.5 Å². The molecule has 3 amide bonds. The highest BCUT2D eigenvalue weighted by Gasteiger charge is 2.44. The van der Waals surface area contributed by atoms with Gasteiger partial charge in [-0.2, -0.15) is 0 Å². The predicted octanol–water partition coefficient (Wildman–Crippen LogP) is 0.603. The minimum absolute atomic E-state index is 0.00550. The number of carbonyl (C=O) groups excluding carboxylic acids is 3. The van der Waals surface area contributed by atoms with Crippen molar-refractivity contribution in [2.45, 2.75) is 56.2 Å². The number of nitrogens with one attached hydrogen (secondary N) is 4. The number of nitrogens with zero attached hydrogens (tertiary/aromatic N) is 2. The molecule has 2 saturated heterocycles. The van der Waals surface area contributed by atoms with E-state index in [-0.39, 0.29) is 28.3 Å². The van der Waals surface area contributed by atoms with Crippen LogP contribution in [0.2, 0.25) is 0 Å². The van der Waals surface area contributed by atoms with Crippen LogP contribution in [0.25, 0.3) is 0 Å². The van der Waals surface area contributed by atoms with E-state index >= 15 is 0 Å². The Kier molecular flexibility index (Phi) is 14.7. The summed E-state index contributed by atoms with van der Waals surface area (Å²) in [6, 6.07) is 7.32. The molecule has 3 atom stereocenters. The molecule has 1 aromatic rings.